The number of benzene rings is 2. The molecule has 5 heteroatoms. The van der Waals surface area contributed by atoms with Crippen LogP contribution < -0.4 is 10.6 Å². The molecule has 1 saturated heterocycles. The lowest BCUT2D eigenvalue weighted by atomic mass is 9.99. The van der Waals surface area contributed by atoms with E-state index in [1.165, 1.54) is 5.56 Å². The monoisotopic (exact) mass is 364 g/mol. The molecular formula is C22H28N4O. The largest absolute Gasteiger partial charge is 0.356 e. The van der Waals surface area contributed by atoms with Crippen molar-refractivity contribution in [3.63, 3.8) is 0 Å². The second kappa shape index (κ2) is 9.76. The number of carbonyl (C=O) groups excluding carboxylic acids is 1. The van der Waals surface area contributed by atoms with E-state index in [9.17, 15) is 4.79 Å². The molecule has 142 valence electrons. The summed E-state index contributed by atoms with van der Waals surface area (Å²) < 4.78 is 0. The quantitative estimate of drug-likeness (QED) is 0.612. The maximum absolute atomic E-state index is 12.0. The fourth-order valence-electron chi connectivity index (χ4n) is 3.45. The summed E-state index contributed by atoms with van der Waals surface area (Å²) >= 11 is 0. The summed E-state index contributed by atoms with van der Waals surface area (Å²) in [6, 6.07) is 20.6. The molecule has 0 aromatic heterocycles. The Morgan fingerprint density at radius 1 is 1.07 bits per heavy atom. The first-order valence-corrected chi connectivity index (χ1v) is 9.57. The molecule has 0 radical (unpaired) electrons. The Morgan fingerprint density at radius 2 is 1.78 bits per heavy atom. The van der Waals surface area contributed by atoms with Crippen LogP contribution in [0.1, 0.15) is 29.9 Å². The number of nitrogens with one attached hydrogen (secondary N) is 2. The normalized spacial score (nSPS) is 17.0. The number of aliphatic imine (C=N–C) groups is 1. The molecule has 0 aliphatic carbocycles. The Morgan fingerprint density at radius 3 is 2.48 bits per heavy atom. The van der Waals surface area contributed by atoms with Crippen LogP contribution in [0.3, 0.4) is 0 Å². The van der Waals surface area contributed by atoms with Crippen molar-refractivity contribution in [2.24, 2.45) is 4.99 Å². The summed E-state index contributed by atoms with van der Waals surface area (Å²) in [6.45, 7) is 3.10. The molecule has 27 heavy (non-hydrogen) atoms. The Bertz CT molecular complexity index is 745. The second-order valence-corrected chi connectivity index (χ2v) is 6.83. The lowest BCUT2D eigenvalue weighted by molar-refractivity contribution is -0.121. The minimum absolute atomic E-state index is 0.0467. The molecule has 0 bridgehead atoms. The summed E-state index contributed by atoms with van der Waals surface area (Å²) in [4.78, 5) is 18.7. The minimum atomic E-state index is 0.0467. The fourth-order valence-corrected chi connectivity index (χ4v) is 3.45. The summed E-state index contributed by atoms with van der Waals surface area (Å²) in [6.07, 6.45) is 1.56. The van der Waals surface area contributed by atoms with Crippen LogP contribution in [0.5, 0.6) is 0 Å². The standard InChI is InChI=1S/C22H28N4O/c1-23-22(26-15-13-20(17-26)19-10-6-3-7-11-19)24-14-12-21(27)25-16-18-8-4-2-5-9-18/h2-11,20H,12-17H2,1H3,(H,23,24)(H,25,27). The number of guanidine groups is 1. The van der Waals surface area contributed by atoms with Crippen LogP contribution in [0, 0.1) is 0 Å². The highest BCUT2D eigenvalue weighted by molar-refractivity contribution is 5.81. The van der Waals surface area contributed by atoms with Crippen LogP contribution in [0.2, 0.25) is 0 Å². The zero-order valence-corrected chi connectivity index (χ0v) is 15.9. The van der Waals surface area contributed by atoms with Crippen LogP contribution in [0.15, 0.2) is 65.7 Å². The molecule has 0 spiro atoms. The van der Waals surface area contributed by atoms with Crippen molar-refractivity contribution < 1.29 is 4.79 Å². The van der Waals surface area contributed by atoms with E-state index in [4.69, 9.17) is 0 Å². The summed E-state index contributed by atoms with van der Waals surface area (Å²) in [5.41, 5.74) is 2.49. The van der Waals surface area contributed by atoms with Crippen LogP contribution in [-0.4, -0.2) is 43.4 Å². The molecule has 1 atom stereocenters. The molecule has 1 unspecified atom stereocenters. The van der Waals surface area contributed by atoms with Gasteiger partial charge in [-0.1, -0.05) is 60.7 Å². The molecule has 1 fully saturated rings. The molecule has 1 heterocycles. The molecule has 5 nitrogen and oxygen atoms in total. The molecule has 1 aliphatic rings. The van der Waals surface area contributed by atoms with Gasteiger partial charge in [-0.25, -0.2) is 0 Å². The topological polar surface area (TPSA) is 56.7 Å². The zero-order chi connectivity index (χ0) is 18.9. The van der Waals surface area contributed by atoms with Gasteiger partial charge in [0.1, 0.15) is 0 Å². The number of carbonyl (C=O) groups is 1. The van der Waals surface area contributed by atoms with Gasteiger partial charge in [-0.05, 0) is 17.5 Å². The van der Waals surface area contributed by atoms with Crippen molar-refractivity contribution in [1.82, 2.24) is 15.5 Å². The fraction of sp³-hybridized carbons (Fsp3) is 0.364. The maximum Gasteiger partial charge on any atom is 0.222 e. The number of amides is 1. The highest BCUT2D eigenvalue weighted by Gasteiger charge is 2.25. The third-order valence-corrected chi connectivity index (χ3v) is 4.94. The average molecular weight is 364 g/mol. The number of rotatable bonds is 6. The van der Waals surface area contributed by atoms with E-state index in [1.54, 1.807) is 7.05 Å². The van der Waals surface area contributed by atoms with Gasteiger partial charge in [0.05, 0.1) is 0 Å². The van der Waals surface area contributed by atoms with Crippen molar-refractivity contribution in [3.8, 4) is 0 Å². The summed E-state index contributed by atoms with van der Waals surface area (Å²) in [5, 5.41) is 6.28. The van der Waals surface area contributed by atoms with Gasteiger partial charge in [0, 0.05) is 45.6 Å². The predicted molar refractivity (Wildman–Crippen MR) is 110 cm³/mol. The molecule has 1 amide bonds. The van der Waals surface area contributed by atoms with Crippen molar-refractivity contribution >= 4 is 11.9 Å². The smallest absolute Gasteiger partial charge is 0.222 e. The van der Waals surface area contributed by atoms with Crippen LogP contribution in [-0.2, 0) is 11.3 Å². The van der Waals surface area contributed by atoms with E-state index < -0.39 is 0 Å². The molecule has 2 aromatic carbocycles. The highest BCUT2D eigenvalue weighted by Crippen LogP contribution is 2.26. The van der Waals surface area contributed by atoms with E-state index in [1.807, 2.05) is 30.3 Å². The Labute approximate surface area is 161 Å². The summed E-state index contributed by atoms with van der Waals surface area (Å²) in [7, 11) is 1.80. The van der Waals surface area contributed by atoms with Crippen molar-refractivity contribution in [3.05, 3.63) is 71.8 Å². The third-order valence-electron chi connectivity index (χ3n) is 4.94. The first-order valence-electron chi connectivity index (χ1n) is 9.57. The van der Waals surface area contributed by atoms with Crippen molar-refractivity contribution in [1.29, 1.82) is 0 Å². The zero-order valence-electron chi connectivity index (χ0n) is 15.9. The second-order valence-electron chi connectivity index (χ2n) is 6.83. The number of nitrogens with zero attached hydrogens (tertiary/aromatic N) is 2. The lowest BCUT2D eigenvalue weighted by Crippen LogP contribution is -2.41. The third kappa shape index (κ3) is 5.58. The van der Waals surface area contributed by atoms with Crippen LogP contribution in [0.25, 0.3) is 0 Å². The van der Waals surface area contributed by atoms with E-state index in [0.29, 0.717) is 25.4 Å². The van der Waals surface area contributed by atoms with Crippen molar-refractivity contribution in [2.45, 2.75) is 25.3 Å². The Kier molecular flexibility index (Phi) is 6.85. The average Bonchev–Trinajstić information content (AvgIpc) is 3.21. The van der Waals surface area contributed by atoms with Crippen LogP contribution in [0.4, 0.5) is 0 Å². The van der Waals surface area contributed by atoms with Gasteiger partial charge in [-0.2, -0.15) is 0 Å². The highest BCUT2D eigenvalue weighted by atomic mass is 16.1. The van der Waals surface area contributed by atoms with Gasteiger partial charge in [0.25, 0.3) is 0 Å². The predicted octanol–water partition coefficient (Wildman–Crippen LogP) is 2.76. The molecule has 1 aliphatic heterocycles. The molecule has 3 rings (SSSR count). The SMILES string of the molecule is CN=C(NCCC(=O)NCc1ccccc1)N1CCC(c2ccccc2)C1. The van der Waals surface area contributed by atoms with Gasteiger partial charge >= 0.3 is 0 Å². The summed E-state index contributed by atoms with van der Waals surface area (Å²) in [5.74, 6) is 1.47. The first-order chi connectivity index (χ1) is 13.3. The number of hydrogen-bond donors (Lipinski definition) is 2. The van der Waals surface area contributed by atoms with Gasteiger partial charge < -0.3 is 15.5 Å². The van der Waals surface area contributed by atoms with E-state index in [2.05, 4.69) is 50.9 Å². The van der Waals surface area contributed by atoms with Crippen LogP contribution >= 0.6 is 0 Å². The molecule has 2 N–H and O–H groups in total. The molecule has 0 saturated carbocycles. The van der Waals surface area contributed by atoms with Gasteiger partial charge in [0.15, 0.2) is 5.96 Å². The van der Waals surface area contributed by atoms with Gasteiger partial charge in [-0.3, -0.25) is 9.79 Å². The minimum Gasteiger partial charge on any atom is -0.356 e. The molecule has 2 aromatic rings. The number of likely N-dealkylation sites (tertiary alicyclic amines) is 1. The lowest BCUT2D eigenvalue weighted by Gasteiger charge is -2.21. The van der Waals surface area contributed by atoms with E-state index >= 15 is 0 Å². The number of hydrogen-bond acceptors (Lipinski definition) is 2. The van der Waals surface area contributed by atoms with Crippen molar-refractivity contribution in [2.75, 3.05) is 26.7 Å². The maximum atomic E-state index is 12.0. The van der Waals surface area contributed by atoms with Gasteiger partial charge in [-0.15, -0.1) is 0 Å². The Balaban J connectivity index is 1.40. The van der Waals surface area contributed by atoms with E-state index in [0.717, 1.165) is 31.0 Å². The van der Waals surface area contributed by atoms with E-state index in [-0.39, 0.29) is 5.91 Å². The first kappa shape index (κ1) is 19.0. The molecular weight excluding hydrogens is 336 g/mol. The van der Waals surface area contributed by atoms with Gasteiger partial charge in [0.2, 0.25) is 5.91 Å². The Hall–Kier alpha value is -2.82.